The van der Waals surface area contributed by atoms with Crippen molar-refractivity contribution >= 4 is 0 Å². The lowest BCUT2D eigenvalue weighted by atomic mass is 10.0. The highest BCUT2D eigenvalue weighted by Crippen LogP contribution is 2.35. The highest BCUT2D eigenvalue weighted by molar-refractivity contribution is 5.67. The molecule has 2 heterocycles. The number of alkyl halides is 3. The second kappa shape index (κ2) is 4.12. The second-order valence-electron chi connectivity index (χ2n) is 4.14. The van der Waals surface area contributed by atoms with E-state index >= 15 is 0 Å². The van der Waals surface area contributed by atoms with Gasteiger partial charge in [-0.1, -0.05) is 0 Å². The van der Waals surface area contributed by atoms with Gasteiger partial charge < -0.3 is 0 Å². The maximum atomic E-state index is 12.7. The predicted molar refractivity (Wildman–Crippen MR) is 61.0 cm³/mol. The van der Waals surface area contributed by atoms with Crippen LogP contribution in [0.5, 0.6) is 0 Å². The van der Waals surface area contributed by atoms with Crippen LogP contribution < -0.4 is 0 Å². The molecule has 2 aromatic heterocycles. The zero-order valence-electron chi connectivity index (χ0n) is 10.2. The molecule has 0 aliphatic heterocycles. The number of aromatic amines is 1. The number of hydrogen-bond donors (Lipinski definition) is 1. The normalized spacial score (nSPS) is 11.9. The van der Waals surface area contributed by atoms with Crippen LogP contribution in [-0.2, 0) is 6.18 Å². The molecule has 0 aliphatic carbocycles. The Kier molecular flexibility index (Phi) is 2.88. The quantitative estimate of drug-likeness (QED) is 0.848. The first-order valence-electron chi connectivity index (χ1n) is 5.37. The average molecular weight is 255 g/mol. The van der Waals surface area contributed by atoms with E-state index in [2.05, 4.69) is 15.2 Å². The summed E-state index contributed by atoms with van der Waals surface area (Å²) >= 11 is 0. The third-order valence-corrected chi connectivity index (χ3v) is 3.00. The summed E-state index contributed by atoms with van der Waals surface area (Å²) in [5.41, 5.74) is 1.92. The van der Waals surface area contributed by atoms with Crippen molar-refractivity contribution in [1.82, 2.24) is 15.2 Å². The van der Waals surface area contributed by atoms with Gasteiger partial charge in [-0.3, -0.25) is 10.1 Å². The molecule has 0 radical (unpaired) electrons. The maximum absolute atomic E-state index is 12.7. The summed E-state index contributed by atoms with van der Waals surface area (Å²) in [6, 6.07) is 1.67. The Bertz CT molecular complexity index is 585. The molecule has 0 atom stereocenters. The van der Waals surface area contributed by atoms with Gasteiger partial charge in [0.25, 0.3) is 0 Å². The Morgan fingerprint density at radius 1 is 1.11 bits per heavy atom. The van der Waals surface area contributed by atoms with Crippen LogP contribution in [0.3, 0.4) is 0 Å². The van der Waals surface area contributed by atoms with E-state index in [9.17, 15) is 13.2 Å². The van der Waals surface area contributed by atoms with Gasteiger partial charge >= 0.3 is 6.18 Å². The summed E-state index contributed by atoms with van der Waals surface area (Å²) in [6.07, 6.45) is -2.84. The van der Waals surface area contributed by atoms with Gasteiger partial charge in [0, 0.05) is 23.0 Å². The highest BCUT2D eigenvalue weighted by Gasteiger charge is 2.36. The van der Waals surface area contributed by atoms with Gasteiger partial charge in [-0.25, -0.2) is 0 Å². The van der Waals surface area contributed by atoms with Gasteiger partial charge in [0.2, 0.25) is 0 Å². The van der Waals surface area contributed by atoms with E-state index < -0.39 is 11.9 Å². The number of nitrogens with zero attached hydrogens (tertiary/aromatic N) is 2. The minimum absolute atomic E-state index is 0.108. The predicted octanol–water partition coefficient (Wildman–Crippen LogP) is 3.42. The van der Waals surface area contributed by atoms with E-state index in [0.717, 1.165) is 11.3 Å². The SMILES string of the molecule is Cc1nccc(-c2n[nH]c(C(F)(F)F)c2C)c1C. The van der Waals surface area contributed by atoms with Gasteiger partial charge in [0.05, 0.1) is 5.69 Å². The fourth-order valence-corrected chi connectivity index (χ4v) is 1.83. The highest BCUT2D eigenvalue weighted by atomic mass is 19.4. The number of hydrogen-bond acceptors (Lipinski definition) is 2. The fourth-order valence-electron chi connectivity index (χ4n) is 1.83. The Hall–Kier alpha value is -1.85. The largest absolute Gasteiger partial charge is 0.433 e. The van der Waals surface area contributed by atoms with Gasteiger partial charge in [0.1, 0.15) is 5.69 Å². The van der Waals surface area contributed by atoms with Gasteiger partial charge in [-0.05, 0) is 32.4 Å². The number of rotatable bonds is 1. The van der Waals surface area contributed by atoms with Crippen LogP contribution in [0.25, 0.3) is 11.3 Å². The minimum Gasteiger partial charge on any atom is -0.273 e. The van der Waals surface area contributed by atoms with Crippen molar-refractivity contribution in [1.29, 1.82) is 0 Å². The average Bonchev–Trinajstić information content (AvgIpc) is 2.64. The van der Waals surface area contributed by atoms with Crippen molar-refractivity contribution in [2.45, 2.75) is 26.9 Å². The van der Waals surface area contributed by atoms with E-state index in [1.165, 1.54) is 6.92 Å². The van der Waals surface area contributed by atoms with Crippen LogP contribution in [0.15, 0.2) is 12.3 Å². The Balaban J connectivity index is 2.60. The number of aryl methyl sites for hydroxylation is 1. The van der Waals surface area contributed by atoms with Gasteiger partial charge in [-0.2, -0.15) is 18.3 Å². The maximum Gasteiger partial charge on any atom is 0.433 e. The molecule has 96 valence electrons. The van der Waals surface area contributed by atoms with Gasteiger partial charge in [0.15, 0.2) is 0 Å². The topological polar surface area (TPSA) is 41.6 Å². The summed E-state index contributed by atoms with van der Waals surface area (Å²) < 4.78 is 38.0. The summed E-state index contributed by atoms with van der Waals surface area (Å²) in [5, 5.41) is 5.85. The van der Waals surface area contributed by atoms with Crippen molar-refractivity contribution in [2.24, 2.45) is 0 Å². The molecule has 0 fully saturated rings. The molecular weight excluding hydrogens is 243 g/mol. The molecule has 2 rings (SSSR count). The van der Waals surface area contributed by atoms with Crippen molar-refractivity contribution < 1.29 is 13.2 Å². The third kappa shape index (κ3) is 1.98. The van der Waals surface area contributed by atoms with E-state index in [4.69, 9.17) is 0 Å². The molecule has 3 nitrogen and oxygen atoms in total. The Labute approximate surface area is 102 Å². The van der Waals surface area contributed by atoms with Crippen LogP contribution >= 0.6 is 0 Å². The summed E-state index contributed by atoms with van der Waals surface area (Å²) in [5.74, 6) is 0. The second-order valence-corrected chi connectivity index (χ2v) is 4.14. The molecule has 0 bridgehead atoms. The van der Waals surface area contributed by atoms with E-state index in [-0.39, 0.29) is 5.56 Å². The summed E-state index contributed by atoms with van der Waals surface area (Å²) in [4.78, 5) is 4.09. The van der Waals surface area contributed by atoms with Crippen LogP contribution in [0.4, 0.5) is 13.2 Å². The minimum atomic E-state index is -4.41. The van der Waals surface area contributed by atoms with E-state index in [0.29, 0.717) is 11.3 Å². The molecule has 18 heavy (non-hydrogen) atoms. The molecule has 0 aliphatic rings. The lowest BCUT2D eigenvalue weighted by Gasteiger charge is -2.07. The Morgan fingerprint density at radius 2 is 1.78 bits per heavy atom. The zero-order chi connectivity index (χ0) is 13.5. The first kappa shape index (κ1) is 12.6. The molecule has 6 heteroatoms. The van der Waals surface area contributed by atoms with Crippen molar-refractivity contribution in [2.75, 3.05) is 0 Å². The number of halogens is 3. The van der Waals surface area contributed by atoms with Crippen molar-refractivity contribution in [3.05, 3.63) is 34.8 Å². The van der Waals surface area contributed by atoms with Crippen molar-refractivity contribution in [3.63, 3.8) is 0 Å². The smallest absolute Gasteiger partial charge is 0.273 e. The summed E-state index contributed by atoms with van der Waals surface area (Å²) in [6.45, 7) is 5.04. The number of nitrogens with one attached hydrogen (secondary N) is 1. The lowest BCUT2D eigenvalue weighted by molar-refractivity contribution is -0.141. The lowest BCUT2D eigenvalue weighted by Crippen LogP contribution is -2.07. The molecule has 0 unspecified atom stereocenters. The molecule has 0 saturated carbocycles. The molecule has 0 spiro atoms. The molecule has 0 saturated heterocycles. The van der Waals surface area contributed by atoms with Crippen LogP contribution in [-0.4, -0.2) is 15.2 Å². The first-order chi connectivity index (χ1) is 8.32. The molecule has 0 aromatic carbocycles. The molecule has 1 N–H and O–H groups in total. The molecule has 2 aromatic rings. The number of aromatic nitrogens is 3. The van der Waals surface area contributed by atoms with Gasteiger partial charge in [-0.15, -0.1) is 0 Å². The van der Waals surface area contributed by atoms with Crippen LogP contribution in [0.1, 0.15) is 22.5 Å². The monoisotopic (exact) mass is 255 g/mol. The van der Waals surface area contributed by atoms with Crippen LogP contribution in [0.2, 0.25) is 0 Å². The van der Waals surface area contributed by atoms with Crippen LogP contribution in [0, 0.1) is 20.8 Å². The number of H-pyrrole nitrogens is 1. The van der Waals surface area contributed by atoms with Crippen molar-refractivity contribution in [3.8, 4) is 11.3 Å². The first-order valence-corrected chi connectivity index (χ1v) is 5.37. The zero-order valence-corrected chi connectivity index (χ0v) is 10.2. The fraction of sp³-hybridized carbons (Fsp3) is 0.333. The van der Waals surface area contributed by atoms with E-state index in [1.54, 1.807) is 12.3 Å². The summed E-state index contributed by atoms with van der Waals surface area (Å²) in [7, 11) is 0. The third-order valence-electron chi connectivity index (χ3n) is 3.00. The molecular formula is C12H12F3N3. The Morgan fingerprint density at radius 3 is 2.33 bits per heavy atom. The molecule has 0 amide bonds. The van der Waals surface area contributed by atoms with E-state index in [1.807, 2.05) is 13.8 Å². The number of pyridine rings is 1. The standard InChI is InChI=1S/C12H12F3N3/c1-6-8(3)16-5-4-9(6)10-7(2)11(18-17-10)12(13,14)15/h4-5H,1-3H3,(H,17,18).